The highest BCUT2D eigenvalue weighted by Crippen LogP contribution is 2.33. The number of hydrogen-bond donors (Lipinski definition) is 0. The molecule has 3 amide bonds. The predicted molar refractivity (Wildman–Crippen MR) is 108 cm³/mol. The molecule has 1 fully saturated rings. The third-order valence-electron chi connectivity index (χ3n) is 5.45. The number of hydrogen-bond acceptors (Lipinski definition) is 4. The number of para-hydroxylation sites is 2. The Balaban J connectivity index is 1.39. The molecule has 9 heteroatoms. The first-order valence-electron chi connectivity index (χ1n) is 9.94. The molecule has 2 aromatic rings. The van der Waals surface area contributed by atoms with Gasteiger partial charge in [0, 0.05) is 31.7 Å². The standard InChI is InChI=1S/C22H21F2N3O4/c1-14-21(29)27(18-4-2-3-5-19(18)31-14)13-20(28)25-8-10-26(11-9-25)22(30)15-6-7-16(23)17(24)12-15/h2-7,12,14H,8-11,13H2,1H3. The lowest BCUT2D eigenvalue weighted by atomic mass is 10.1. The molecule has 1 saturated heterocycles. The second-order valence-electron chi connectivity index (χ2n) is 7.45. The SMILES string of the molecule is CC1Oc2ccccc2N(CC(=O)N2CCN(C(=O)c3ccc(F)c(F)c3)CC2)C1=O. The number of piperazine rings is 1. The van der Waals surface area contributed by atoms with Crippen molar-refractivity contribution in [3.8, 4) is 5.75 Å². The maximum atomic E-state index is 13.4. The number of fused-ring (bicyclic) bond motifs is 1. The normalized spacial score (nSPS) is 18.5. The molecule has 0 aliphatic carbocycles. The Morgan fingerprint density at radius 3 is 2.39 bits per heavy atom. The first kappa shape index (κ1) is 20.8. The van der Waals surface area contributed by atoms with Gasteiger partial charge < -0.3 is 14.5 Å². The zero-order valence-corrected chi connectivity index (χ0v) is 16.9. The smallest absolute Gasteiger partial charge is 0.268 e. The number of carbonyl (C=O) groups is 3. The lowest BCUT2D eigenvalue weighted by molar-refractivity contribution is -0.134. The molecule has 2 aliphatic heterocycles. The maximum absolute atomic E-state index is 13.4. The van der Waals surface area contributed by atoms with E-state index in [1.54, 1.807) is 36.1 Å². The Bertz CT molecular complexity index is 1040. The summed E-state index contributed by atoms with van der Waals surface area (Å²) in [5.74, 6) is -2.50. The van der Waals surface area contributed by atoms with Crippen LogP contribution in [0.3, 0.4) is 0 Å². The zero-order valence-electron chi connectivity index (χ0n) is 16.9. The van der Waals surface area contributed by atoms with Gasteiger partial charge in [-0.15, -0.1) is 0 Å². The largest absolute Gasteiger partial charge is 0.479 e. The molecule has 162 valence electrons. The molecular formula is C22H21F2N3O4. The molecule has 0 bridgehead atoms. The van der Waals surface area contributed by atoms with Crippen LogP contribution in [0.5, 0.6) is 5.75 Å². The van der Waals surface area contributed by atoms with Crippen LogP contribution in [0.4, 0.5) is 14.5 Å². The van der Waals surface area contributed by atoms with Gasteiger partial charge in [-0.3, -0.25) is 19.3 Å². The summed E-state index contributed by atoms with van der Waals surface area (Å²) < 4.78 is 32.1. The minimum absolute atomic E-state index is 0.0585. The van der Waals surface area contributed by atoms with Gasteiger partial charge in [0.1, 0.15) is 12.3 Å². The topological polar surface area (TPSA) is 70.2 Å². The summed E-state index contributed by atoms with van der Waals surface area (Å²) in [4.78, 5) is 42.5. The summed E-state index contributed by atoms with van der Waals surface area (Å²) in [6.07, 6.45) is -0.687. The number of carbonyl (C=O) groups excluding carboxylic acids is 3. The van der Waals surface area contributed by atoms with E-state index in [4.69, 9.17) is 4.74 Å². The number of amides is 3. The highest BCUT2D eigenvalue weighted by Gasteiger charge is 2.34. The second-order valence-corrected chi connectivity index (χ2v) is 7.45. The van der Waals surface area contributed by atoms with E-state index < -0.39 is 23.6 Å². The Kier molecular flexibility index (Phi) is 5.58. The van der Waals surface area contributed by atoms with Crippen LogP contribution in [0.2, 0.25) is 0 Å². The van der Waals surface area contributed by atoms with E-state index in [-0.39, 0.29) is 50.1 Å². The van der Waals surface area contributed by atoms with Gasteiger partial charge in [-0.05, 0) is 37.3 Å². The van der Waals surface area contributed by atoms with Crippen molar-refractivity contribution in [2.45, 2.75) is 13.0 Å². The number of halogens is 2. The van der Waals surface area contributed by atoms with E-state index in [0.717, 1.165) is 12.1 Å². The molecule has 0 spiro atoms. The van der Waals surface area contributed by atoms with Crippen LogP contribution in [-0.4, -0.2) is 66.3 Å². The van der Waals surface area contributed by atoms with Crippen molar-refractivity contribution >= 4 is 23.4 Å². The van der Waals surface area contributed by atoms with Crippen molar-refractivity contribution < 1.29 is 27.9 Å². The van der Waals surface area contributed by atoms with Gasteiger partial charge in [0.2, 0.25) is 5.91 Å². The predicted octanol–water partition coefficient (Wildman–Crippen LogP) is 2.06. The highest BCUT2D eigenvalue weighted by molar-refractivity contribution is 6.03. The van der Waals surface area contributed by atoms with Gasteiger partial charge in [0.25, 0.3) is 11.8 Å². The monoisotopic (exact) mass is 429 g/mol. The Morgan fingerprint density at radius 1 is 1.00 bits per heavy atom. The van der Waals surface area contributed by atoms with Crippen LogP contribution in [0.25, 0.3) is 0 Å². The summed E-state index contributed by atoms with van der Waals surface area (Å²) >= 11 is 0. The average Bonchev–Trinajstić information content (AvgIpc) is 2.78. The molecule has 0 aromatic heterocycles. The Hall–Kier alpha value is -3.49. The fourth-order valence-electron chi connectivity index (χ4n) is 3.73. The minimum Gasteiger partial charge on any atom is -0.479 e. The van der Waals surface area contributed by atoms with Gasteiger partial charge in [-0.1, -0.05) is 12.1 Å². The number of ether oxygens (including phenoxy) is 1. The van der Waals surface area contributed by atoms with Gasteiger partial charge in [-0.2, -0.15) is 0 Å². The van der Waals surface area contributed by atoms with Crippen molar-refractivity contribution in [1.82, 2.24) is 9.80 Å². The quantitative estimate of drug-likeness (QED) is 0.749. The molecule has 1 unspecified atom stereocenters. The van der Waals surface area contributed by atoms with Crippen LogP contribution >= 0.6 is 0 Å². The molecule has 2 aliphatic rings. The molecule has 0 saturated carbocycles. The van der Waals surface area contributed by atoms with Crippen molar-refractivity contribution in [1.29, 1.82) is 0 Å². The first-order chi connectivity index (χ1) is 14.8. The van der Waals surface area contributed by atoms with Crippen molar-refractivity contribution in [2.24, 2.45) is 0 Å². The minimum atomic E-state index is -1.08. The molecule has 2 heterocycles. The van der Waals surface area contributed by atoms with Crippen LogP contribution in [0, 0.1) is 11.6 Å². The van der Waals surface area contributed by atoms with Gasteiger partial charge in [0.05, 0.1) is 5.69 Å². The number of benzene rings is 2. The molecule has 1 atom stereocenters. The van der Waals surface area contributed by atoms with Gasteiger partial charge >= 0.3 is 0 Å². The molecule has 7 nitrogen and oxygen atoms in total. The Labute approximate surface area is 177 Å². The maximum Gasteiger partial charge on any atom is 0.268 e. The van der Waals surface area contributed by atoms with Crippen LogP contribution in [0.1, 0.15) is 17.3 Å². The lowest BCUT2D eigenvalue weighted by Crippen LogP contribution is -2.54. The van der Waals surface area contributed by atoms with Gasteiger partial charge in [0.15, 0.2) is 17.7 Å². The van der Waals surface area contributed by atoms with Crippen molar-refractivity contribution in [3.05, 3.63) is 59.7 Å². The van der Waals surface area contributed by atoms with Crippen molar-refractivity contribution in [3.63, 3.8) is 0 Å². The number of anilines is 1. The van der Waals surface area contributed by atoms with E-state index >= 15 is 0 Å². The number of nitrogens with zero attached hydrogens (tertiary/aromatic N) is 3. The van der Waals surface area contributed by atoms with E-state index in [2.05, 4.69) is 0 Å². The molecule has 0 N–H and O–H groups in total. The number of rotatable bonds is 3. The summed E-state index contributed by atoms with van der Waals surface area (Å²) in [6.45, 7) is 2.59. The third kappa shape index (κ3) is 4.08. The summed E-state index contributed by atoms with van der Waals surface area (Å²) in [5.41, 5.74) is 0.606. The summed E-state index contributed by atoms with van der Waals surface area (Å²) in [6, 6.07) is 10.1. The lowest BCUT2D eigenvalue weighted by Gasteiger charge is -2.37. The fourth-order valence-corrected chi connectivity index (χ4v) is 3.73. The Morgan fingerprint density at radius 2 is 1.68 bits per heavy atom. The first-order valence-corrected chi connectivity index (χ1v) is 9.94. The highest BCUT2D eigenvalue weighted by atomic mass is 19.2. The van der Waals surface area contributed by atoms with Gasteiger partial charge in [-0.25, -0.2) is 8.78 Å². The zero-order chi connectivity index (χ0) is 22.1. The summed E-state index contributed by atoms with van der Waals surface area (Å²) in [7, 11) is 0. The fraction of sp³-hybridized carbons (Fsp3) is 0.318. The molecule has 4 rings (SSSR count). The molecule has 2 aromatic carbocycles. The summed E-state index contributed by atoms with van der Waals surface area (Å²) in [5, 5.41) is 0. The molecule has 0 radical (unpaired) electrons. The van der Waals surface area contributed by atoms with Crippen LogP contribution in [-0.2, 0) is 9.59 Å². The second kappa shape index (κ2) is 8.33. The van der Waals surface area contributed by atoms with Crippen LogP contribution < -0.4 is 9.64 Å². The van der Waals surface area contributed by atoms with Crippen LogP contribution in [0.15, 0.2) is 42.5 Å². The average molecular weight is 429 g/mol. The van der Waals surface area contributed by atoms with E-state index in [9.17, 15) is 23.2 Å². The van der Waals surface area contributed by atoms with E-state index in [1.165, 1.54) is 15.9 Å². The van der Waals surface area contributed by atoms with E-state index in [0.29, 0.717) is 11.4 Å². The van der Waals surface area contributed by atoms with Crippen molar-refractivity contribution in [2.75, 3.05) is 37.6 Å². The molecular weight excluding hydrogens is 408 g/mol. The molecule has 31 heavy (non-hydrogen) atoms. The van der Waals surface area contributed by atoms with E-state index in [1.807, 2.05) is 0 Å². The third-order valence-corrected chi connectivity index (χ3v) is 5.45.